The number of carbonyl (C=O) groups excluding carboxylic acids is 1. The third kappa shape index (κ3) is 3.17. The van der Waals surface area contributed by atoms with Gasteiger partial charge < -0.3 is 14.1 Å². The molecule has 25 heavy (non-hydrogen) atoms. The Balaban J connectivity index is 1.53. The molecule has 1 aromatic heterocycles. The molecule has 0 radical (unpaired) electrons. The van der Waals surface area contributed by atoms with Crippen molar-refractivity contribution in [2.75, 3.05) is 13.7 Å². The zero-order valence-corrected chi connectivity index (χ0v) is 14.7. The molecule has 1 aromatic carbocycles. The van der Waals surface area contributed by atoms with Crippen molar-refractivity contribution < 1.29 is 13.9 Å². The van der Waals surface area contributed by atoms with Crippen LogP contribution in [0.4, 0.5) is 0 Å². The van der Waals surface area contributed by atoms with Gasteiger partial charge in [-0.3, -0.25) is 4.79 Å². The number of rotatable bonds is 4. The predicted molar refractivity (Wildman–Crippen MR) is 95.5 cm³/mol. The molecule has 0 unspecified atom stereocenters. The molecule has 1 amide bonds. The SMILES string of the molecule is COc1ccccc1[C@@H]1C[C@H]1C(=O)N1CCCCC[C@@H]1c1ccco1. The van der Waals surface area contributed by atoms with Gasteiger partial charge in [-0.25, -0.2) is 0 Å². The minimum absolute atomic E-state index is 0.0758. The number of ether oxygens (including phenoxy) is 1. The minimum Gasteiger partial charge on any atom is -0.496 e. The smallest absolute Gasteiger partial charge is 0.226 e. The average molecular weight is 339 g/mol. The molecular weight excluding hydrogens is 314 g/mol. The summed E-state index contributed by atoms with van der Waals surface area (Å²) in [6.45, 7) is 0.833. The summed E-state index contributed by atoms with van der Waals surface area (Å²) >= 11 is 0. The number of likely N-dealkylation sites (tertiary alicyclic amines) is 1. The van der Waals surface area contributed by atoms with E-state index < -0.39 is 0 Å². The lowest BCUT2D eigenvalue weighted by molar-refractivity contribution is -0.135. The number of hydrogen-bond acceptors (Lipinski definition) is 3. The van der Waals surface area contributed by atoms with E-state index in [9.17, 15) is 4.79 Å². The van der Waals surface area contributed by atoms with Crippen molar-refractivity contribution in [2.45, 2.75) is 44.1 Å². The molecule has 0 bridgehead atoms. The monoisotopic (exact) mass is 339 g/mol. The predicted octanol–water partition coefficient (Wildman–Crippen LogP) is 4.54. The van der Waals surface area contributed by atoms with E-state index in [0.717, 1.165) is 49.3 Å². The van der Waals surface area contributed by atoms with Crippen LogP contribution in [0, 0.1) is 5.92 Å². The van der Waals surface area contributed by atoms with E-state index in [1.165, 1.54) is 6.42 Å². The fraction of sp³-hybridized carbons (Fsp3) is 0.476. The molecule has 1 aliphatic heterocycles. The zero-order valence-electron chi connectivity index (χ0n) is 14.7. The summed E-state index contributed by atoms with van der Waals surface area (Å²) in [5.41, 5.74) is 1.16. The Morgan fingerprint density at radius 3 is 2.84 bits per heavy atom. The highest BCUT2D eigenvalue weighted by Gasteiger charge is 2.48. The molecule has 1 aliphatic carbocycles. The van der Waals surface area contributed by atoms with Gasteiger partial charge in [0.1, 0.15) is 11.5 Å². The Labute approximate surface area is 148 Å². The van der Waals surface area contributed by atoms with Crippen LogP contribution in [0.2, 0.25) is 0 Å². The van der Waals surface area contributed by atoms with Crippen LogP contribution in [0.5, 0.6) is 5.75 Å². The maximum absolute atomic E-state index is 13.2. The summed E-state index contributed by atoms with van der Waals surface area (Å²) in [5, 5.41) is 0. The molecule has 0 spiro atoms. The van der Waals surface area contributed by atoms with E-state index in [-0.39, 0.29) is 23.8 Å². The number of methoxy groups -OCH3 is 1. The van der Waals surface area contributed by atoms with Gasteiger partial charge in [0.15, 0.2) is 0 Å². The van der Waals surface area contributed by atoms with E-state index in [1.807, 2.05) is 30.3 Å². The summed E-state index contributed by atoms with van der Waals surface area (Å²) in [6.07, 6.45) is 7.02. The van der Waals surface area contributed by atoms with Gasteiger partial charge in [0.05, 0.1) is 19.4 Å². The Morgan fingerprint density at radius 2 is 2.04 bits per heavy atom. The number of furan rings is 1. The van der Waals surface area contributed by atoms with Gasteiger partial charge >= 0.3 is 0 Å². The first-order valence-corrected chi connectivity index (χ1v) is 9.26. The van der Waals surface area contributed by atoms with Crippen molar-refractivity contribution in [3.8, 4) is 5.75 Å². The van der Waals surface area contributed by atoms with E-state index in [0.29, 0.717) is 0 Å². The molecule has 132 valence electrons. The van der Waals surface area contributed by atoms with Crippen molar-refractivity contribution >= 4 is 5.91 Å². The van der Waals surface area contributed by atoms with Gasteiger partial charge in [0.25, 0.3) is 0 Å². The second kappa shape index (κ2) is 6.95. The Morgan fingerprint density at radius 1 is 1.16 bits per heavy atom. The molecule has 2 heterocycles. The number of carbonyl (C=O) groups is 1. The Bertz CT molecular complexity index is 725. The van der Waals surface area contributed by atoms with E-state index >= 15 is 0 Å². The Kier molecular flexibility index (Phi) is 4.51. The summed E-state index contributed by atoms with van der Waals surface area (Å²) in [5.74, 6) is 2.45. The van der Waals surface area contributed by atoms with Crippen LogP contribution >= 0.6 is 0 Å². The number of hydrogen-bond donors (Lipinski definition) is 0. The lowest BCUT2D eigenvalue weighted by atomic mass is 10.1. The first-order chi connectivity index (χ1) is 12.3. The Hall–Kier alpha value is -2.23. The summed E-state index contributed by atoms with van der Waals surface area (Å²) < 4.78 is 11.1. The highest BCUT2D eigenvalue weighted by Crippen LogP contribution is 2.52. The highest BCUT2D eigenvalue weighted by molar-refractivity contribution is 5.83. The number of nitrogens with zero attached hydrogens (tertiary/aromatic N) is 1. The second-order valence-electron chi connectivity index (χ2n) is 7.10. The number of amides is 1. The number of para-hydroxylation sites is 1. The van der Waals surface area contributed by atoms with E-state index in [4.69, 9.17) is 9.15 Å². The topological polar surface area (TPSA) is 42.7 Å². The lowest BCUT2D eigenvalue weighted by Crippen LogP contribution is -2.36. The first-order valence-electron chi connectivity index (χ1n) is 9.26. The molecule has 2 fully saturated rings. The first kappa shape index (κ1) is 16.2. The van der Waals surface area contributed by atoms with Crippen molar-refractivity contribution in [1.29, 1.82) is 0 Å². The molecule has 4 nitrogen and oxygen atoms in total. The summed E-state index contributed by atoms with van der Waals surface area (Å²) in [4.78, 5) is 15.3. The van der Waals surface area contributed by atoms with Crippen LogP contribution in [0.25, 0.3) is 0 Å². The van der Waals surface area contributed by atoms with Gasteiger partial charge in [-0.05, 0) is 48.9 Å². The van der Waals surface area contributed by atoms with Crippen LogP contribution in [-0.4, -0.2) is 24.5 Å². The van der Waals surface area contributed by atoms with E-state index in [2.05, 4.69) is 11.0 Å². The fourth-order valence-electron chi connectivity index (χ4n) is 4.15. The molecule has 4 rings (SSSR count). The van der Waals surface area contributed by atoms with Crippen LogP contribution in [0.3, 0.4) is 0 Å². The second-order valence-corrected chi connectivity index (χ2v) is 7.10. The van der Waals surface area contributed by atoms with E-state index in [1.54, 1.807) is 13.4 Å². The van der Waals surface area contributed by atoms with Crippen molar-refractivity contribution in [3.05, 3.63) is 54.0 Å². The molecule has 2 aliphatic rings. The standard InChI is InChI=1S/C21H25NO3/c1-24-19-10-5-4-8-15(19)16-14-17(16)21(23)22-12-6-2-3-9-18(22)20-11-7-13-25-20/h4-5,7-8,10-11,13,16-18H,2-3,6,9,12,14H2,1H3/t16-,17+,18+/m0/s1. The average Bonchev–Trinajstić information content (AvgIpc) is 3.34. The van der Waals surface area contributed by atoms with Gasteiger partial charge in [-0.1, -0.05) is 31.0 Å². The van der Waals surface area contributed by atoms with Crippen LogP contribution in [0.1, 0.15) is 55.4 Å². The summed E-state index contributed by atoms with van der Waals surface area (Å²) in [6, 6.07) is 12.1. The fourth-order valence-corrected chi connectivity index (χ4v) is 4.15. The third-order valence-corrected chi connectivity index (χ3v) is 5.55. The largest absolute Gasteiger partial charge is 0.496 e. The maximum atomic E-state index is 13.2. The highest BCUT2D eigenvalue weighted by atomic mass is 16.5. The van der Waals surface area contributed by atoms with Crippen LogP contribution in [-0.2, 0) is 4.79 Å². The van der Waals surface area contributed by atoms with Crippen molar-refractivity contribution in [2.24, 2.45) is 5.92 Å². The van der Waals surface area contributed by atoms with Gasteiger partial charge in [-0.15, -0.1) is 0 Å². The van der Waals surface area contributed by atoms with Gasteiger partial charge in [0, 0.05) is 12.5 Å². The van der Waals surface area contributed by atoms with Gasteiger partial charge in [0.2, 0.25) is 5.91 Å². The van der Waals surface area contributed by atoms with Crippen LogP contribution in [0.15, 0.2) is 47.1 Å². The van der Waals surface area contributed by atoms with Crippen LogP contribution < -0.4 is 4.74 Å². The van der Waals surface area contributed by atoms with Gasteiger partial charge in [-0.2, -0.15) is 0 Å². The third-order valence-electron chi connectivity index (χ3n) is 5.55. The van der Waals surface area contributed by atoms with Crippen molar-refractivity contribution in [3.63, 3.8) is 0 Å². The lowest BCUT2D eigenvalue weighted by Gasteiger charge is -2.29. The minimum atomic E-state index is 0.0758. The molecule has 4 heteroatoms. The normalized spacial score (nSPS) is 26.1. The number of benzene rings is 1. The summed E-state index contributed by atoms with van der Waals surface area (Å²) in [7, 11) is 1.69. The zero-order chi connectivity index (χ0) is 17.2. The molecule has 1 saturated carbocycles. The molecule has 0 N–H and O–H groups in total. The maximum Gasteiger partial charge on any atom is 0.226 e. The molecule has 2 aromatic rings. The molecule has 1 saturated heterocycles. The van der Waals surface area contributed by atoms with Crippen molar-refractivity contribution in [1.82, 2.24) is 4.90 Å². The molecule has 3 atom stereocenters. The molecular formula is C21H25NO3. The quantitative estimate of drug-likeness (QED) is 0.821.